The van der Waals surface area contributed by atoms with Gasteiger partial charge in [-0.1, -0.05) is 11.6 Å². The zero-order valence-electron chi connectivity index (χ0n) is 9.81. The molecule has 0 amide bonds. The number of halogens is 2. The summed E-state index contributed by atoms with van der Waals surface area (Å²) in [6.07, 6.45) is 0. The van der Waals surface area contributed by atoms with Crippen LogP contribution < -0.4 is 9.47 Å². The fourth-order valence-corrected chi connectivity index (χ4v) is 1.46. The normalized spacial score (nSPS) is 10.0. The summed E-state index contributed by atoms with van der Waals surface area (Å²) in [5.41, 5.74) is 0. The molecule has 2 aromatic carbocycles. The van der Waals surface area contributed by atoms with E-state index < -0.39 is 5.97 Å². The first-order valence-corrected chi connectivity index (χ1v) is 5.86. The van der Waals surface area contributed by atoms with Crippen molar-refractivity contribution in [2.24, 2.45) is 0 Å². The Bertz CT molecular complexity index is 552. The average Bonchev–Trinajstić information content (AvgIpc) is 2.41. The SMILES string of the molecule is O=C(COc1ccc(F)cc1)Oc1ccc(Cl)cc1. The molecule has 2 aromatic rings. The minimum Gasteiger partial charge on any atom is -0.482 e. The van der Waals surface area contributed by atoms with Crippen LogP contribution in [0.1, 0.15) is 0 Å². The fraction of sp³-hybridized carbons (Fsp3) is 0.0714. The van der Waals surface area contributed by atoms with E-state index in [0.717, 1.165) is 0 Å². The van der Waals surface area contributed by atoms with Gasteiger partial charge in [0.1, 0.15) is 17.3 Å². The van der Waals surface area contributed by atoms with Gasteiger partial charge in [0.25, 0.3) is 0 Å². The lowest BCUT2D eigenvalue weighted by Gasteiger charge is -2.06. The van der Waals surface area contributed by atoms with Crippen LogP contribution in [-0.4, -0.2) is 12.6 Å². The van der Waals surface area contributed by atoms with Gasteiger partial charge < -0.3 is 9.47 Å². The lowest BCUT2D eigenvalue weighted by molar-refractivity contribution is -0.136. The molecule has 0 aliphatic carbocycles. The van der Waals surface area contributed by atoms with Gasteiger partial charge in [-0.15, -0.1) is 0 Å². The van der Waals surface area contributed by atoms with Gasteiger partial charge in [0.05, 0.1) is 0 Å². The van der Waals surface area contributed by atoms with Crippen molar-refractivity contribution < 1.29 is 18.7 Å². The van der Waals surface area contributed by atoms with Crippen molar-refractivity contribution in [3.63, 3.8) is 0 Å². The summed E-state index contributed by atoms with van der Waals surface area (Å²) >= 11 is 5.71. The van der Waals surface area contributed by atoms with Crippen molar-refractivity contribution >= 4 is 17.6 Å². The number of hydrogen-bond donors (Lipinski definition) is 0. The zero-order chi connectivity index (χ0) is 13.7. The van der Waals surface area contributed by atoms with Crippen LogP contribution in [0.15, 0.2) is 48.5 Å². The fourth-order valence-electron chi connectivity index (χ4n) is 1.34. The monoisotopic (exact) mass is 280 g/mol. The van der Waals surface area contributed by atoms with E-state index in [-0.39, 0.29) is 12.4 Å². The Hall–Kier alpha value is -2.07. The molecule has 0 aromatic heterocycles. The molecule has 0 atom stereocenters. The molecule has 0 unspecified atom stereocenters. The summed E-state index contributed by atoms with van der Waals surface area (Å²) < 4.78 is 22.8. The number of ether oxygens (including phenoxy) is 2. The zero-order valence-corrected chi connectivity index (χ0v) is 10.6. The predicted octanol–water partition coefficient (Wildman–Crippen LogP) is 3.46. The van der Waals surface area contributed by atoms with Crippen LogP contribution in [-0.2, 0) is 4.79 Å². The molecule has 2 rings (SSSR count). The molecule has 0 saturated heterocycles. The molecule has 0 heterocycles. The van der Waals surface area contributed by atoms with E-state index in [0.29, 0.717) is 16.5 Å². The summed E-state index contributed by atoms with van der Waals surface area (Å²) in [6, 6.07) is 11.8. The molecule has 0 fully saturated rings. The second-order valence-electron chi connectivity index (χ2n) is 3.67. The van der Waals surface area contributed by atoms with Crippen LogP contribution >= 0.6 is 11.6 Å². The maximum absolute atomic E-state index is 12.6. The van der Waals surface area contributed by atoms with E-state index in [9.17, 15) is 9.18 Å². The summed E-state index contributed by atoms with van der Waals surface area (Å²) in [7, 11) is 0. The van der Waals surface area contributed by atoms with Crippen molar-refractivity contribution in [3.8, 4) is 11.5 Å². The van der Waals surface area contributed by atoms with Crippen molar-refractivity contribution in [1.82, 2.24) is 0 Å². The van der Waals surface area contributed by atoms with Crippen LogP contribution in [0, 0.1) is 5.82 Å². The van der Waals surface area contributed by atoms with Crippen molar-refractivity contribution in [3.05, 3.63) is 59.4 Å². The maximum Gasteiger partial charge on any atom is 0.349 e. The standard InChI is InChI=1S/C14H10ClFO3/c15-10-1-5-13(6-2-10)19-14(17)9-18-12-7-3-11(16)4-8-12/h1-8H,9H2. The molecule has 0 spiro atoms. The number of carbonyl (C=O) groups is 1. The van der Waals surface area contributed by atoms with Gasteiger partial charge in [0.2, 0.25) is 0 Å². The Morgan fingerprint density at radius 1 is 1.00 bits per heavy atom. The van der Waals surface area contributed by atoms with Crippen molar-refractivity contribution in [2.45, 2.75) is 0 Å². The van der Waals surface area contributed by atoms with Gasteiger partial charge in [-0.05, 0) is 48.5 Å². The second kappa shape index (κ2) is 6.20. The highest BCUT2D eigenvalue weighted by atomic mass is 35.5. The minimum absolute atomic E-state index is 0.256. The largest absolute Gasteiger partial charge is 0.482 e. The molecule has 0 aliphatic rings. The number of rotatable bonds is 4. The first-order chi connectivity index (χ1) is 9.13. The molecule has 0 saturated carbocycles. The predicted molar refractivity (Wildman–Crippen MR) is 69.0 cm³/mol. The van der Waals surface area contributed by atoms with E-state index in [1.807, 2.05) is 0 Å². The van der Waals surface area contributed by atoms with Crippen LogP contribution in [0.5, 0.6) is 11.5 Å². The van der Waals surface area contributed by atoms with E-state index in [1.165, 1.54) is 24.3 Å². The van der Waals surface area contributed by atoms with E-state index in [2.05, 4.69) is 0 Å². The average molecular weight is 281 g/mol. The molecule has 0 radical (unpaired) electrons. The molecule has 98 valence electrons. The summed E-state index contributed by atoms with van der Waals surface area (Å²) in [5, 5.41) is 0.558. The highest BCUT2D eigenvalue weighted by Gasteiger charge is 2.06. The first kappa shape index (κ1) is 13.4. The Morgan fingerprint density at radius 2 is 1.58 bits per heavy atom. The first-order valence-electron chi connectivity index (χ1n) is 5.48. The van der Waals surface area contributed by atoms with Gasteiger partial charge in [0.15, 0.2) is 6.61 Å². The molecule has 0 N–H and O–H groups in total. The third-order valence-electron chi connectivity index (χ3n) is 2.22. The molecule has 19 heavy (non-hydrogen) atoms. The molecule has 0 bridgehead atoms. The topological polar surface area (TPSA) is 35.5 Å². The van der Waals surface area contributed by atoms with Crippen molar-refractivity contribution in [1.29, 1.82) is 0 Å². The summed E-state index contributed by atoms with van der Waals surface area (Å²) in [4.78, 5) is 11.5. The lowest BCUT2D eigenvalue weighted by atomic mass is 10.3. The third kappa shape index (κ3) is 4.26. The lowest BCUT2D eigenvalue weighted by Crippen LogP contribution is -2.17. The van der Waals surface area contributed by atoms with E-state index in [4.69, 9.17) is 21.1 Å². The molecule has 3 nitrogen and oxygen atoms in total. The Kier molecular flexibility index (Phi) is 4.36. The smallest absolute Gasteiger partial charge is 0.349 e. The highest BCUT2D eigenvalue weighted by Crippen LogP contribution is 2.16. The van der Waals surface area contributed by atoms with Gasteiger partial charge in [0, 0.05) is 5.02 Å². The van der Waals surface area contributed by atoms with Gasteiger partial charge in [-0.2, -0.15) is 0 Å². The van der Waals surface area contributed by atoms with Crippen LogP contribution in [0.3, 0.4) is 0 Å². The van der Waals surface area contributed by atoms with E-state index >= 15 is 0 Å². The van der Waals surface area contributed by atoms with Gasteiger partial charge >= 0.3 is 5.97 Å². The van der Waals surface area contributed by atoms with Gasteiger partial charge in [-0.3, -0.25) is 0 Å². The second-order valence-corrected chi connectivity index (χ2v) is 4.11. The number of benzene rings is 2. The molecular weight excluding hydrogens is 271 g/mol. The Morgan fingerprint density at radius 3 is 2.21 bits per heavy atom. The molecule has 5 heteroatoms. The van der Waals surface area contributed by atoms with Crippen LogP contribution in [0.2, 0.25) is 5.02 Å². The summed E-state index contributed by atoms with van der Waals surface area (Å²) in [5.74, 6) is -0.130. The highest BCUT2D eigenvalue weighted by molar-refractivity contribution is 6.30. The van der Waals surface area contributed by atoms with Crippen molar-refractivity contribution in [2.75, 3.05) is 6.61 Å². The number of hydrogen-bond acceptors (Lipinski definition) is 3. The molecule has 0 aliphatic heterocycles. The number of carbonyl (C=O) groups excluding carboxylic acids is 1. The van der Waals surface area contributed by atoms with Gasteiger partial charge in [-0.25, -0.2) is 9.18 Å². The molecular formula is C14H10ClFO3. The van der Waals surface area contributed by atoms with Crippen LogP contribution in [0.25, 0.3) is 0 Å². The number of esters is 1. The summed E-state index contributed by atoms with van der Waals surface area (Å²) in [6.45, 7) is -0.256. The minimum atomic E-state index is -0.549. The Balaban J connectivity index is 1.84. The third-order valence-corrected chi connectivity index (χ3v) is 2.47. The van der Waals surface area contributed by atoms with E-state index in [1.54, 1.807) is 24.3 Å². The Labute approximate surface area is 114 Å². The maximum atomic E-state index is 12.6. The van der Waals surface area contributed by atoms with Crippen LogP contribution in [0.4, 0.5) is 4.39 Å². The quantitative estimate of drug-likeness (QED) is 0.635.